The Morgan fingerprint density at radius 2 is 0.542 bits per heavy atom. The van der Waals surface area contributed by atoms with Crippen molar-refractivity contribution in [1.82, 2.24) is 15.0 Å². The minimum atomic E-state index is 0.654. The second-order valence-electron chi connectivity index (χ2n) is 12.5. The van der Waals surface area contributed by atoms with Gasteiger partial charge in [-0.3, -0.25) is 0 Å². The zero-order valence-corrected chi connectivity index (χ0v) is 25.9. The van der Waals surface area contributed by atoms with Crippen LogP contribution >= 0.6 is 0 Å². The summed E-state index contributed by atoms with van der Waals surface area (Å²) >= 11 is 0. The summed E-state index contributed by atoms with van der Waals surface area (Å²) in [6.45, 7) is 0. The van der Waals surface area contributed by atoms with E-state index in [0.29, 0.717) is 17.5 Å². The van der Waals surface area contributed by atoms with Gasteiger partial charge in [0.15, 0.2) is 17.5 Å². The lowest BCUT2D eigenvalue weighted by atomic mass is 9.99. The highest BCUT2D eigenvalue weighted by Gasteiger charge is 2.15. The molecule has 10 aromatic rings. The fourth-order valence-electron chi connectivity index (χ4n) is 7.21. The standard InChI is InChI=1S/C45H27N3/c1-4-10-37-28(7-1)15-18-32-25-34(21-23-40(32)37)43-46-44(35-22-24-41-33(26-35)19-16-29-8-2-5-11-38(29)41)48-45(47-43)36-20-17-31-14-13-30-9-3-6-12-39(30)42(31)27-36/h1-27H. The van der Waals surface area contributed by atoms with Crippen LogP contribution in [0.4, 0.5) is 0 Å². The first-order valence-corrected chi connectivity index (χ1v) is 16.3. The minimum absolute atomic E-state index is 0.654. The maximum atomic E-state index is 5.14. The van der Waals surface area contributed by atoms with E-state index in [-0.39, 0.29) is 0 Å². The Balaban J connectivity index is 1.19. The molecule has 3 nitrogen and oxygen atoms in total. The van der Waals surface area contributed by atoms with Gasteiger partial charge in [0.2, 0.25) is 0 Å². The van der Waals surface area contributed by atoms with Crippen molar-refractivity contribution in [3.63, 3.8) is 0 Å². The molecule has 48 heavy (non-hydrogen) atoms. The van der Waals surface area contributed by atoms with Crippen LogP contribution in [0, 0.1) is 0 Å². The summed E-state index contributed by atoms with van der Waals surface area (Å²) in [6, 6.07) is 58.3. The summed E-state index contributed by atoms with van der Waals surface area (Å²) in [5.74, 6) is 1.96. The molecule has 9 aromatic carbocycles. The number of nitrogens with zero attached hydrogens (tertiary/aromatic N) is 3. The van der Waals surface area contributed by atoms with Gasteiger partial charge in [-0.15, -0.1) is 0 Å². The van der Waals surface area contributed by atoms with Crippen LogP contribution in [0.3, 0.4) is 0 Å². The molecule has 0 atom stereocenters. The first-order valence-electron chi connectivity index (χ1n) is 16.3. The van der Waals surface area contributed by atoms with Crippen LogP contribution < -0.4 is 0 Å². The number of rotatable bonds is 3. The van der Waals surface area contributed by atoms with Gasteiger partial charge in [0.1, 0.15) is 0 Å². The molecule has 1 heterocycles. The first kappa shape index (κ1) is 26.7. The Morgan fingerprint density at radius 3 is 1.02 bits per heavy atom. The molecule has 3 heteroatoms. The normalized spacial score (nSPS) is 11.8. The fraction of sp³-hybridized carbons (Fsp3) is 0. The van der Waals surface area contributed by atoms with Crippen molar-refractivity contribution in [3.8, 4) is 34.2 Å². The largest absolute Gasteiger partial charge is 0.208 e. The molecule has 0 aliphatic rings. The van der Waals surface area contributed by atoms with Crippen LogP contribution in [0.5, 0.6) is 0 Å². The summed E-state index contributed by atoms with van der Waals surface area (Å²) in [5.41, 5.74) is 2.88. The zero-order chi connectivity index (χ0) is 31.6. The van der Waals surface area contributed by atoms with Gasteiger partial charge in [0.25, 0.3) is 0 Å². The molecule has 1 aromatic heterocycles. The summed E-state index contributed by atoms with van der Waals surface area (Å²) in [4.78, 5) is 15.4. The van der Waals surface area contributed by atoms with E-state index >= 15 is 0 Å². The van der Waals surface area contributed by atoms with Crippen LogP contribution in [-0.4, -0.2) is 15.0 Å². The predicted octanol–water partition coefficient (Wildman–Crippen LogP) is 11.8. The van der Waals surface area contributed by atoms with E-state index in [2.05, 4.69) is 164 Å². The molecule has 0 bridgehead atoms. The number of hydrogen-bond donors (Lipinski definition) is 0. The third-order valence-electron chi connectivity index (χ3n) is 9.65. The van der Waals surface area contributed by atoms with E-state index in [9.17, 15) is 0 Å². The highest BCUT2D eigenvalue weighted by Crippen LogP contribution is 2.34. The summed E-state index contributed by atoms with van der Waals surface area (Å²) in [5, 5.41) is 14.5. The highest BCUT2D eigenvalue weighted by molar-refractivity contribution is 6.10. The van der Waals surface area contributed by atoms with Crippen LogP contribution in [0.15, 0.2) is 164 Å². The lowest BCUT2D eigenvalue weighted by Crippen LogP contribution is -2.00. The van der Waals surface area contributed by atoms with Crippen molar-refractivity contribution in [1.29, 1.82) is 0 Å². The topological polar surface area (TPSA) is 38.7 Å². The molecule has 222 valence electrons. The molecule has 0 saturated heterocycles. The molecule has 0 N–H and O–H groups in total. The van der Waals surface area contributed by atoms with E-state index in [0.717, 1.165) is 27.5 Å². The molecule has 0 unspecified atom stereocenters. The van der Waals surface area contributed by atoms with E-state index in [1.807, 2.05) is 0 Å². The van der Waals surface area contributed by atoms with Gasteiger partial charge < -0.3 is 0 Å². The number of benzene rings is 9. The van der Waals surface area contributed by atoms with Gasteiger partial charge in [-0.1, -0.05) is 146 Å². The monoisotopic (exact) mass is 609 g/mol. The third kappa shape index (κ3) is 4.33. The molecule has 0 spiro atoms. The van der Waals surface area contributed by atoms with Gasteiger partial charge in [-0.2, -0.15) is 0 Å². The average Bonchev–Trinajstić information content (AvgIpc) is 3.17. The Hall–Kier alpha value is -6.45. The van der Waals surface area contributed by atoms with Crippen molar-refractivity contribution >= 4 is 64.6 Å². The maximum absolute atomic E-state index is 5.14. The van der Waals surface area contributed by atoms with E-state index in [4.69, 9.17) is 15.0 Å². The van der Waals surface area contributed by atoms with Gasteiger partial charge in [0.05, 0.1) is 0 Å². The molecule has 0 fully saturated rings. The lowest BCUT2D eigenvalue weighted by Gasteiger charge is -2.12. The van der Waals surface area contributed by atoms with Crippen LogP contribution in [-0.2, 0) is 0 Å². The quantitative estimate of drug-likeness (QED) is 0.187. The van der Waals surface area contributed by atoms with Crippen molar-refractivity contribution < 1.29 is 0 Å². The van der Waals surface area contributed by atoms with Crippen LogP contribution in [0.1, 0.15) is 0 Å². The SMILES string of the molecule is c1ccc2c(c1)ccc1cc(-c3nc(-c4ccc5c(ccc6ccccc65)c4)nc(-c4ccc5ccc6ccccc6c5c4)n3)ccc12. The molecule has 0 radical (unpaired) electrons. The predicted molar refractivity (Wildman–Crippen MR) is 201 cm³/mol. The molecule has 0 aliphatic carbocycles. The second-order valence-corrected chi connectivity index (χ2v) is 12.5. The van der Waals surface area contributed by atoms with Gasteiger partial charge in [-0.05, 0) is 82.8 Å². The van der Waals surface area contributed by atoms with Crippen molar-refractivity contribution in [2.75, 3.05) is 0 Å². The van der Waals surface area contributed by atoms with Gasteiger partial charge >= 0.3 is 0 Å². The molecular formula is C45H27N3. The van der Waals surface area contributed by atoms with E-state index in [1.165, 1.54) is 53.9 Å². The number of aromatic nitrogens is 3. The van der Waals surface area contributed by atoms with E-state index < -0.39 is 0 Å². The van der Waals surface area contributed by atoms with Crippen molar-refractivity contribution in [2.24, 2.45) is 0 Å². The minimum Gasteiger partial charge on any atom is -0.208 e. The summed E-state index contributed by atoms with van der Waals surface area (Å²) < 4.78 is 0. The molecular weight excluding hydrogens is 583 g/mol. The lowest BCUT2D eigenvalue weighted by molar-refractivity contribution is 1.08. The number of fused-ring (bicyclic) bond motifs is 9. The molecule has 10 rings (SSSR count). The zero-order valence-electron chi connectivity index (χ0n) is 25.9. The van der Waals surface area contributed by atoms with Crippen LogP contribution in [0.25, 0.3) is 98.8 Å². The van der Waals surface area contributed by atoms with Gasteiger partial charge in [-0.25, -0.2) is 15.0 Å². The fourth-order valence-corrected chi connectivity index (χ4v) is 7.21. The smallest absolute Gasteiger partial charge is 0.164 e. The third-order valence-corrected chi connectivity index (χ3v) is 9.65. The Morgan fingerprint density at radius 1 is 0.229 bits per heavy atom. The Bertz CT molecular complexity index is 2770. The first-order chi connectivity index (χ1) is 23.7. The molecule has 0 aliphatic heterocycles. The average molecular weight is 610 g/mol. The molecule has 0 amide bonds. The maximum Gasteiger partial charge on any atom is 0.164 e. The highest BCUT2D eigenvalue weighted by atomic mass is 15.0. The van der Waals surface area contributed by atoms with Gasteiger partial charge in [0, 0.05) is 16.7 Å². The summed E-state index contributed by atoms with van der Waals surface area (Å²) in [7, 11) is 0. The Labute approximate surface area is 276 Å². The van der Waals surface area contributed by atoms with Crippen LogP contribution in [0.2, 0.25) is 0 Å². The number of hydrogen-bond acceptors (Lipinski definition) is 3. The molecule has 0 saturated carbocycles. The second kappa shape index (κ2) is 10.5. The van der Waals surface area contributed by atoms with E-state index in [1.54, 1.807) is 0 Å². The summed E-state index contributed by atoms with van der Waals surface area (Å²) in [6.07, 6.45) is 0. The van der Waals surface area contributed by atoms with Crippen molar-refractivity contribution in [3.05, 3.63) is 164 Å². The van der Waals surface area contributed by atoms with Crippen molar-refractivity contribution in [2.45, 2.75) is 0 Å². The Kier molecular flexibility index (Phi) is 5.87.